The van der Waals surface area contributed by atoms with Crippen molar-refractivity contribution >= 4 is 11.9 Å². The normalized spacial score (nSPS) is 13.4. The number of benzene rings is 1. The van der Waals surface area contributed by atoms with Gasteiger partial charge in [-0.1, -0.05) is 75.8 Å². The molecule has 0 saturated carbocycles. The summed E-state index contributed by atoms with van der Waals surface area (Å²) in [6.45, 7) is 2.15. The van der Waals surface area contributed by atoms with E-state index in [4.69, 9.17) is 0 Å². The van der Waals surface area contributed by atoms with Gasteiger partial charge in [-0.15, -0.1) is 0 Å². The van der Waals surface area contributed by atoms with E-state index in [1.807, 2.05) is 30.3 Å². The van der Waals surface area contributed by atoms with Gasteiger partial charge in [-0.25, -0.2) is 0 Å². The van der Waals surface area contributed by atoms with Crippen LogP contribution in [0.25, 0.3) is 0 Å². The molecule has 0 saturated heterocycles. The van der Waals surface area contributed by atoms with Crippen molar-refractivity contribution in [1.82, 2.24) is 0 Å². The lowest BCUT2D eigenvalue weighted by atomic mass is 9.83. The monoisotopic (exact) mass is 320 g/mol. The smallest absolute Gasteiger partial charge is 0.307 e. The maximum atomic E-state index is 11.6. The van der Waals surface area contributed by atoms with Crippen molar-refractivity contribution in [2.24, 2.45) is 11.8 Å². The molecule has 1 aromatic carbocycles. The van der Waals surface area contributed by atoms with E-state index in [-0.39, 0.29) is 6.42 Å². The molecule has 4 heteroatoms. The third-order valence-electron chi connectivity index (χ3n) is 4.29. The van der Waals surface area contributed by atoms with Crippen LogP contribution in [-0.4, -0.2) is 22.2 Å². The second kappa shape index (κ2) is 10.8. The molecule has 2 atom stereocenters. The van der Waals surface area contributed by atoms with E-state index in [1.165, 1.54) is 19.3 Å². The standard InChI is InChI=1S/C19H28O4/c1-2-3-4-5-6-10-13-16(18(20)21)17(19(22)23)14-15-11-8-7-9-12-15/h7-9,11-12,16-17H,2-6,10,13-14H2,1H3,(H,20,21)(H,22,23)/t16-,17-/m0/s1. The van der Waals surface area contributed by atoms with Gasteiger partial charge in [0, 0.05) is 0 Å². The van der Waals surface area contributed by atoms with Gasteiger partial charge in [-0.3, -0.25) is 9.59 Å². The molecule has 128 valence electrons. The highest BCUT2D eigenvalue weighted by molar-refractivity contribution is 5.80. The summed E-state index contributed by atoms with van der Waals surface area (Å²) < 4.78 is 0. The Kier molecular flexibility index (Phi) is 9.03. The van der Waals surface area contributed by atoms with Gasteiger partial charge in [0.15, 0.2) is 0 Å². The van der Waals surface area contributed by atoms with Crippen LogP contribution in [0.15, 0.2) is 30.3 Å². The van der Waals surface area contributed by atoms with Gasteiger partial charge in [0.2, 0.25) is 0 Å². The summed E-state index contributed by atoms with van der Waals surface area (Å²) in [6, 6.07) is 9.25. The fourth-order valence-electron chi connectivity index (χ4n) is 2.91. The van der Waals surface area contributed by atoms with Crippen LogP contribution < -0.4 is 0 Å². The van der Waals surface area contributed by atoms with Crippen LogP contribution >= 0.6 is 0 Å². The van der Waals surface area contributed by atoms with Crippen molar-refractivity contribution in [2.45, 2.75) is 58.3 Å². The van der Waals surface area contributed by atoms with Crippen LogP contribution in [0.1, 0.15) is 57.4 Å². The van der Waals surface area contributed by atoms with Crippen LogP contribution in [0.4, 0.5) is 0 Å². The molecule has 0 spiro atoms. The Labute approximate surface area is 138 Å². The summed E-state index contributed by atoms with van der Waals surface area (Å²) >= 11 is 0. The molecule has 2 N–H and O–H groups in total. The van der Waals surface area contributed by atoms with E-state index in [1.54, 1.807) is 0 Å². The quantitative estimate of drug-likeness (QED) is 0.560. The Hall–Kier alpha value is -1.84. The highest BCUT2D eigenvalue weighted by Crippen LogP contribution is 2.24. The lowest BCUT2D eigenvalue weighted by Gasteiger charge is -2.20. The maximum Gasteiger partial charge on any atom is 0.307 e. The number of aliphatic carboxylic acids is 2. The summed E-state index contributed by atoms with van der Waals surface area (Å²) in [5.74, 6) is -3.71. The van der Waals surface area contributed by atoms with Gasteiger partial charge in [0.25, 0.3) is 0 Å². The molecule has 1 aromatic rings. The molecule has 0 unspecified atom stereocenters. The third-order valence-corrected chi connectivity index (χ3v) is 4.29. The first kappa shape index (κ1) is 19.2. The molecule has 0 aliphatic heterocycles. The minimum atomic E-state index is -1.02. The summed E-state index contributed by atoms with van der Waals surface area (Å²) in [7, 11) is 0. The molecular weight excluding hydrogens is 292 g/mol. The fraction of sp³-hybridized carbons (Fsp3) is 0.579. The molecule has 23 heavy (non-hydrogen) atoms. The first-order valence-electron chi connectivity index (χ1n) is 8.55. The molecule has 1 rings (SSSR count). The molecule has 4 nitrogen and oxygen atoms in total. The Morgan fingerprint density at radius 1 is 0.870 bits per heavy atom. The molecule has 0 aliphatic rings. The van der Waals surface area contributed by atoms with Gasteiger partial charge in [-0.2, -0.15) is 0 Å². The van der Waals surface area contributed by atoms with E-state index < -0.39 is 23.8 Å². The molecule has 0 aliphatic carbocycles. The second-order valence-corrected chi connectivity index (χ2v) is 6.14. The average molecular weight is 320 g/mol. The molecule has 0 radical (unpaired) electrons. The van der Waals surface area contributed by atoms with Crippen molar-refractivity contribution in [3.8, 4) is 0 Å². The maximum absolute atomic E-state index is 11.6. The first-order valence-corrected chi connectivity index (χ1v) is 8.55. The predicted molar refractivity (Wildman–Crippen MR) is 90.4 cm³/mol. The Morgan fingerprint density at radius 3 is 2.00 bits per heavy atom. The first-order chi connectivity index (χ1) is 11.1. The minimum absolute atomic E-state index is 0.267. The Balaban J connectivity index is 2.60. The van der Waals surface area contributed by atoms with Crippen LogP contribution in [-0.2, 0) is 16.0 Å². The zero-order chi connectivity index (χ0) is 17.1. The van der Waals surface area contributed by atoms with E-state index in [0.717, 1.165) is 24.8 Å². The summed E-state index contributed by atoms with van der Waals surface area (Å²) in [5, 5.41) is 18.9. The zero-order valence-electron chi connectivity index (χ0n) is 13.9. The molecule has 0 fully saturated rings. The van der Waals surface area contributed by atoms with Crippen molar-refractivity contribution in [2.75, 3.05) is 0 Å². The highest BCUT2D eigenvalue weighted by Gasteiger charge is 2.33. The van der Waals surface area contributed by atoms with Gasteiger partial charge < -0.3 is 10.2 Å². The second-order valence-electron chi connectivity index (χ2n) is 6.14. The highest BCUT2D eigenvalue weighted by atomic mass is 16.4. The number of carbonyl (C=O) groups is 2. The average Bonchev–Trinajstić information content (AvgIpc) is 2.53. The van der Waals surface area contributed by atoms with Crippen molar-refractivity contribution in [1.29, 1.82) is 0 Å². The van der Waals surface area contributed by atoms with Crippen molar-refractivity contribution < 1.29 is 19.8 Å². The molecule has 0 bridgehead atoms. The lowest BCUT2D eigenvalue weighted by molar-refractivity contribution is -0.154. The molecule has 0 aromatic heterocycles. The topological polar surface area (TPSA) is 74.6 Å². The Bertz CT molecular complexity index is 470. The molecule has 0 amide bonds. The number of unbranched alkanes of at least 4 members (excludes halogenated alkanes) is 5. The SMILES string of the molecule is CCCCCCCC[C@H](C(=O)O)[C@H](Cc1ccccc1)C(=O)O. The van der Waals surface area contributed by atoms with E-state index in [0.29, 0.717) is 6.42 Å². The Morgan fingerprint density at radius 2 is 1.43 bits per heavy atom. The van der Waals surface area contributed by atoms with Crippen LogP contribution in [0, 0.1) is 11.8 Å². The van der Waals surface area contributed by atoms with Crippen LogP contribution in [0.5, 0.6) is 0 Å². The molecule has 0 heterocycles. The molecular formula is C19H28O4. The minimum Gasteiger partial charge on any atom is -0.481 e. The number of hydrogen-bond acceptors (Lipinski definition) is 2. The van der Waals surface area contributed by atoms with Crippen molar-refractivity contribution in [3.05, 3.63) is 35.9 Å². The summed E-state index contributed by atoms with van der Waals surface area (Å²) in [4.78, 5) is 23.1. The summed E-state index contributed by atoms with van der Waals surface area (Å²) in [6.07, 6.45) is 7.09. The van der Waals surface area contributed by atoms with E-state index in [2.05, 4.69) is 6.92 Å². The number of rotatable bonds is 12. The van der Waals surface area contributed by atoms with Gasteiger partial charge >= 0.3 is 11.9 Å². The predicted octanol–water partition coefficient (Wildman–Crippen LogP) is 4.38. The largest absolute Gasteiger partial charge is 0.481 e. The third kappa shape index (κ3) is 7.31. The van der Waals surface area contributed by atoms with Crippen LogP contribution in [0.3, 0.4) is 0 Å². The number of hydrogen-bond donors (Lipinski definition) is 2. The van der Waals surface area contributed by atoms with Gasteiger partial charge in [0.05, 0.1) is 11.8 Å². The van der Waals surface area contributed by atoms with Crippen LogP contribution in [0.2, 0.25) is 0 Å². The zero-order valence-corrected chi connectivity index (χ0v) is 13.9. The van der Waals surface area contributed by atoms with Gasteiger partial charge in [0.1, 0.15) is 0 Å². The van der Waals surface area contributed by atoms with Gasteiger partial charge in [-0.05, 0) is 18.4 Å². The lowest BCUT2D eigenvalue weighted by Crippen LogP contribution is -2.31. The van der Waals surface area contributed by atoms with E-state index in [9.17, 15) is 19.8 Å². The van der Waals surface area contributed by atoms with E-state index >= 15 is 0 Å². The van der Waals surface area contributed by atoms with Crippen molar-refractivity contribution in [3.63, 3.8) is 0 Å². The summed E-state index contributed by atoms with van der Waals surface area (Å²) in [5.41, 5.74) is 0.870. The fourth-order valence-corrected chi connectivity index (χ4v) is 2.91. The number of carboxylic acid groups (broad SMARTS) is 2. The number of carboxylic acids is 2.